The molecule has 9 nitrogen and oxygen atoms in total. The molecule has 1 spiro atoms. The Kier molecular flexibility index (Phi) is 5.10. The number of benzene rings is 2. The lowest BCUT2D eigenvalue weighted by Crippen LogP contribution is -2.52. The van der Waals surface area contributed by atoms with Gasteiger partial charge in [-0.1, -0.05) is 18.2 Å². The first kappa shape index (κ1) is 21.8. The summed E-state index contributed by atoms with van der Waals surface area (Å²) < 4.78 is 5.59. The molecule has 2 aromatic rings. The van der Waals surface area contributed by atoms with E-state index >= 15 is 0 Å². The van der Waals surface area contributed by atoms with Crippen molar-refractivity contribution in [3.8, 4) is 0 Å². The highest BCUT2D eigenvalue weighted by Crippen LogP contribution is 2.46. The van der Waals surface area contributed by atoms with Gasteiger partial charge in [0, 0.05) is 55.1 Å². The van der Waals surface area contributed by atoms with Crippen molar-refractivity contribution in [2.24, 2.45) is 0 Å². The molecule has 5 amide bonds. The predicted molar refractivity (Wildman–Crippen MR) is 127 cm³/mol. The zero-order valence-corrected chi connectivity index (χ0v) is 19.2. The second-order valence-corrected chi connectivity index (χ2v) is 9.70. The monoisotopic (exact) mass is 474 g/mol. The van der Waals surface area contributed by atoms with Crippen molar-refractivity contribution in [2.45, 2.75) is 43.7 Å². The van der Waals surface area contributed by atoms with E-state index in [9.17, 15) is 19.2 Å². The first-order chi connectivity index (χ1) is 16.9. The molecule has 9 heteroatoms. The van der Waals surface area contributed by atoms with Gasteiger partial charge in [0.1, 0.15) is 6.04 Å². The van der Waals surface area contributed by atoms with Gasteiger partial charge in [-0.25, -0.2) is 4.79 Å². The smallest absolute Gasteiger partial charge is 0.326 e. The number of carbonyl (C=O) groups excluding carboxylic acids is 4. The van der Waals surface area contributed by atoms with Crippen LogP contribution in [0, 0.1) is 0 Å². The Morgan fingerprint density at radius 2 is 1.89 bits per heavy atom. The third-order valence-electron chi connectivity index (χ3n) is 7.70. The van der Waals surface area contributed by atoms with Crippen molar-refractivity contribution in [3.05, 3.63) is 59.2 Å². The van der Waals surface area contributed by atoms with E-state index in [1.807, 2.05) is 18.2 Å². The van der Waals surface area contributed by atoms with Gasteiger partial charge in [0.2, 0.25) is 11.8 Å². The number of nitrogens with one attached hydrogen (secondary N) is 2. The predicted octanol–water partition coefficient (Wildman–Crippen LogP) is 2.55. The molecule has 180 valence electrons. The van der Waals surface area contributed by atoms with Gasteiger partial charge in [-0.2, -0.15) is 0 Å². The van der Waals surface area contributed by atoms with Gasteiger partial charge in [-0.3, -0.25) is 24.6 Å². The maximum absolute atomic E-state index is 13.4. The number of fused-ring (bicyclic) bond motifs is 3. The van der Waals surface area contributed by atoms with E-state index in [1.165, 1.54) is 10.5 Å². The lowest BCUT2D eigenvalue weighted by molar-refractivity contribution is -0.136. The molecule has 1 unspecified atom stereocenters. The molecule has 0 aliphatic carbocycles. The van der Waals surface area contributed by atoms with Gasteiger partial charge < -0.3 is 15.0 Å². The summed E-state index contributed by atoms with van der Waals surface area (Å²) in [5.74, 6) is -0.987. The summed E-state index contributed by atoms with van der Waals surface area (Å²) in [6.07, 6.45) is 2.29. The van der Waals surface area contributed by atoms with Crippen LogP contribution in [0.15, 0.2) is 42.5 Å². The van der Waals surface area contributed by atoms with Crippen LogP contribution < -0.4 is 15.5 Å². The molecule has 4 heterocycles. The van der Waals surface area contributed by atoms with E-state index in [4.69, 9.17) is 4.74 Å². The lowest BCUT2D eigenvalue weighted by atomic mass is 9.76. The SMILES string of the molecule is O=C1CCC(N2Cc3cc(NC(=O)N4CC5(CCOCC5)c5ccccc54)ccc3C2=O)C(=O)N1. The Balaban J connectivity index is 1.20. The van der Waals surface area contributed by atoms with E-state index in [0.29, 0.717) is 37.4 Å². The van der Waals surface area contributed by atoms with E-state index in [-0.39, 0.29) is 36.2 Å². The van der Waals surface area contributed by atoms with E-state index in [2.05, 4.69) is 16.7 Å². The maximum atomic E-state index is 13.4. The highest BCUT2D eigenvalue weighted by atomic mass is 16.5. The third-order valence-corrected chi connectivity index (χ3v) is 7.70. The number of imide groups is 1. The summed E-state index contributed by atoms with van der Waals surface area (Å²) in [5.41, 5.74) is 3.89. The molecule has 2 N–H and O–H groups in total. The normalized spacial score (nSPS) is 22.7. The fourth-order valence-corrected chi connectivity index (χ4v) is 5.84. The third kappa shape index (κ3) is 3.58. The molecule has 0 saturated carbocycles. The summed E-state index contributed by atoms with van der Waals surface area (Å²) in [5, 5.41) is 5.32. The molecule has 4 aliphatic heterocycles. The largest absolute Gasteiger partial charge is 0.381 e. The minimum absolute atomic E-state index is 0.0843. The molecule has 2 saturated heterocycles. The van der Waals surface area contributed by atoms with Crippen molar-refractivity contribution in [1.29, 1.82) is 0 Å². The van der Waals surface area contributed by atoms with Crippen molar-refractivity contribution < 1.29 is 23.9 Å². The van der Waals surface area contributed by atoms with E-state index in [0.717, 1.165) is 24.1 Å². The van der Waals surface area contributed by atoms with Crippen molar-refractivity contribution in [2.75, 3.05) is 30.0 Å². The van der Waals surface area contributed by atoms with Crippen LogP contribution >= 0.6 is 0 Å². The Labute approximate surface area is 202 Å². The number of nitrogens with zero attached hydrogens (tertiary/aromatic N) is 2. The fraction of sp³-hybridized carbons (Fsp3) is 0.385. The number of anilines is 2. The van der Waals surface area contributed by atoms with Crippen LogP contribution in [0.2, 0.25) is 0 Å². The molecule has 0 bridgehead atoms. The van der Waals surface area contributed by atoms with Crippen molar-refractivity contribution in [1.82, 2.24) is 10.2 Å². The maximum Gasteiger partial charge on any atom is 0.326 e. The molecular weight excluding hydrogens is 448 g/mol. The Morgan fingerprint density at radius 1 is 1.09 bits per heavy atom. The van der Waals surface area contributed by atoms with Crippen LogP contribution in [0.3, 0.4) is 0 Å². The minimum atomic E-state index is -0.664. The van der Waals surface area contributed by atoms with Gasteiger partial charge in [-0.15, -0.1) is 0 Å². The summed E-state index contributed by atoms with van der Waals surface area (Å²) in [6.45, 7) is 2.24. The highest BCUT2D eigenvalue weighted by molar-refractivity contribution is 6.07. The van der Waals surface area contributed by atoms with Crippen LogP contribution in [0.25, 0.3) is 0 Å². The van der Waals surface area contributed by atoms with Gasteiger partial charge in [0.05, 0.1) is 0 Å². The summed E-state index contributed by atoms with van der Waals surface area (Å²) in [7, 11) is 0. The summed E-state index contributed by atoms with van der Waals surface area (Å²) >= 11 is 0. The van der Waals surface area contributed by atoms with Crippen LogP contribution in [-0.4, -0.2) is 54.5 Å². The van der Waals surface area contributed by atoms with E-state index in [1.54, 1.807) is 23.1 Å². The number of para-hydroxylation sites is 1. The zero-order valence-electron chi connectivity index (χ0n) is 19.2. The summed E-state index contributed by atoms with van der Waals surface area (Å²) in [4.78, 5) is 53.4. The van der Waals surface area contributed by atoms with Crippen LogP contribution in [0.1, 0.15) is 47.2 Å². The van der Waals surface area contributed by atoms with E-state index < -0.39 is 11.9 Å². The number of hydrogen-bond donors (Lipinski definition) is 2. The van der Waals surface area contributed by atoms with Crippen molar-refractivity contribution in [3.63, 3.8) is 0 Å². The highest BCUT2D eigenvalue weighted by Gasteiger charge is 2.45. The molecule has 6 rings (SSSR count). The number of amides is 5. The van der Waals surface area contributed by atoms with Gasteiger partial charge >= 0.3 is 6.03 Å². The number of ether oxygens (including phenoxy) is 1. The van der Waals surface area contributed by atoms with Crippen LogP contribution in [-0.2, 0) is 26.3 Å². The topological polar surface area (TPSA) is 108 Å². The molecule has 0 aromatic heterocycles. The second kappa shape index (κ2) is 8.20. The van der Waals surface area contributed by atoms with Gasteiger partial charge in [0.25, 0.3) is 5.91 Å². The summed E-state index contributed by atoms with van der Waals surface area (Å²) in [6, 6.07) is 12.4. The number of rotatable bonds is 2. The van der Waals surface area contributed by atoms with Crippen LogP contribution in [0.4, 0.5) is 16.2 Å². The fourth-order valence-electron chi connectivity index (χ4n) is 5.84. The molecule has 0 radical (unpaired) electrons. The average Bonchev–Trinajstić information content (AvgIpc) is 3.35. The number of urea groups is 1. The lowest BCUT2D eigenvalue weighted by Gasteiger charge is -2.34. The molecular formula is C26H26N4O5. The number of carbonyl (C=O) groups is 4. The minimum Gasteiger partial charge on any atom is -0.381 e. The quantitative estimate of drug-likeness (QED) is 0.651. The van der Waals surface area contributed by atoms with Gasteiger partial charge in [0.15, 0.2) is 0 Å². The molecule has 35 heavy (non-hydrogen) atoms. The molecule has 2 aromatic carbocycles. The first-order valence-electron chi connectivity index (χ1n) is 12.0. The molecule has 1 atom stereocenters. The van der Waals surface area contributed by atoms with Gasteiger partial charge in [-0.05, 0) is 54.7 Å². The number of piperidine rings is 1. The average molecular weight is 475 g/mol. The zero-order chi connectivity index (χ0) is 24.2. The molecule has 2 fully saturated rings. The second-order valence-electron chi connectivity index (χ2n) is 9.70. The van der Waals surface area contributed by atoms with Crippen LogP contribution in [0.5, 0.6) is 0 Å². The Bertz CT molecular complexity index is 1250. The van der Waals surface area contributed by atoms with Crippen molar-refractivity contribution >= 4 is 35.1 Å². The Morgan fingerprint density at radius 3 is 2.69 bits per heavy atom. The standard InChI is InChI=1S/C26H26N4O5/c31-22-8-7-21(23(32)28-22)29-14-16-13-17(5-6-18(16)24(29)33)27-25(34)30-15-26(9-11-35-12-10-26)19-3-1-2-4-20(19)30/h1-6,13,21H,7-12,14-15H2,(H,27,34)(H,28,31,32). The first-order valence-corrected chi connectivity index (χ1v) is 12.0. The molecule has 4 aliphatic rings. The number of hydrogen-bond acceptors (Lipinski definition) is 5. The Hall–Kier alpha value is -3.72.